The molecule has 1 saturated carbocycles. The van der Waals surface area contributed by atoms with E-state index in [4.69, 9.17) is 20.6 Å². The number of imidazole rings is 1. The van der Waals surface area contributed by atoms with E-state index in [1.54, 1.807) is 12.0 Å². The fourth-order valence-corrected chi connectivity index (χ4v) is 7.26. The third-order valence-electron chi connectivity index (χ3n) is 9.63. The van der Waals surface area contributed by atoms with Crippen LogP contribution in [0.1, 0.15) is 56.5 Å². The van der Waals surface area contributed by atoms with Crippen LogP contribution in [0.25, 0.3) is 33.3 Å². The number of anilines is 1. The molecule has 12 heteroatoms. The first kappa shape index (κ1) is 29.0. The lowest BCUT2D eigenvalue weighted by molar-refractivity contribution is 0.0329. The van der Waals surface area contributed by atoms with Crippen LogP contribution in [0.3, 0.4) is 0 Å². The first-order valence-electron chi connectivity index (χ1n) is 15.8. The number of H-pyrrole nitrogens is 1. The summed E-state index contributed by atoms with van der Waals surface area (Å²) in [5.74, 6) is 2.11. The number of nitrogens with one attached hydrogen (secondary N) is 1. The summed E-state index contributed by atoms with van der Waals surface area (Å²) in [5.41, 5.74) is 11.8. The molecule has 0 bridgehead atoms. The first-order chi connectivity index (χ1) is 21.9. The zero-order valence-corrected chi connectivity index (χ0v) is 25.7. The summed E-state index contributed by atoms with van der Waals surface area (Å²) < 4.78 is 7.59. The van der Waals surface area contributed by atoms with Crippen molar-refractivity contribution in [2.75, 3.05) is 32.5 Å². The van der Waals surface area contributed by atoms with Crippen molar-refractivity contribution in [2.24, 2.45) is 0 Å². The monoisotopic (exact) mass is 609 g/mol. The summed E-state index contributed by atoms with van der Waals surface area (Å²) in [5, 5.41) is 15.5. The highest BCUT2D eigenvalue weighted by Gasteiger charge is 2.35. The van der Waals surface area contributed by atoms with Crippen molar-refractivity contribution in [1.29, 1.82) is 0 Å². The second-order valence-corrected chi connectivity index (χ2v) is 12.2. The van der Waals surface area contributed by atoms with Gasteiger partial charge in [-0.1, -0.05) is 31.2 Å². The van der Waals surface area contributed by atoms with Gasteiger partial charge in [0.25, 0.3) is 0 Å². The number of hydrogen-bond acceptors (Lipinski definition) is 8. The second kappa shape index (κ2) is 12.0. The number of nitrogens with two attached hydrogens (primary N) is 1. The second-order valence-electron chi connectivity index (χ2n) is 12.2. The standard InChI is InChI=1S/C33H39N9O3/c1-3-22-18-40(14-15-41(22)33(43)44)23-9-11-24(12-10-23)42-32-29(31(34)35-19-36-32)30(39-42)21-8-13-25-26(16-21)38-28(37-25)17-20-6-4-5-7-27(20)45-2/h4-8,13,16,19,22-24H,3,9-12,14-15,17-18H2,1-2H3,(H,37,38)(H,43,44)(H2,34,35,36). The Morgan fingerprint density at radius 3 is 2.67 bits per heavy atom. The number of amides is 1. The predicted octanol–water partition coefficient (Wildman–Crippen LogP) is 5.11. The van der Waals surface area contributed by atoms with Crippen molar-refractivity contribution in [3.05, 3.63) is 60.2 Å². The molecule has 2 aromatic carbocycles. The van der Waals surface area contributed by atoms with Gasteiger partial charge in [0.1, 0.15) is 29.4 Å². The molecular weight excluding hydrogens is 570 g/mol. The maximum atomic E-state index is 11.7. The zero-order valence-electron chi connectivity index (χ0n) is 25.7. The number of piperazine rings is 1. The van der Waals surface area contributed by atoms with E-state index in [1.807, 2.05) is 36.4 Å². The number of nitrogens with zero attached hydrogens (tertiary/aromatic N) is 7. The number of nitrogen functional groups attached to an aromatic ring is 1. The molecule has 4 heterocycles. The lowest BCUT2D eigenvalue weighted by atomic mass is 9.89. The number of ether oxygens (including phenoxy) is 1. The van der Waals surface area contributed by atoms with Gasteiger partial charge in [-0.25, -0.2) is 24.4 Å². The molecule has 3 aromatic heterocycles. The number of benzene rings is 2. The number of methoxy groups -OCH3 is 1. The van der Waals surface area contributed by atoms with Crippen molar-refractivity contribution < 1.29 is 14.6 Å². The molecule has 5 aromatic rings. The maximum absolute atomic E-state index is 11.7. The highest BCUT2D eigenvalue weighted by molar-refractivity contribution is 5.99. The summed E-state index contributed by atoms with van der Waals surface area (Å²) >= 11 is 0. The highest BCUT2D eigenvalue weighted by atomic mass is 16.5. The van der Waals surface area contributed by atoms with Crippen LogP contribution in [0, 0.1) is 0 Å². The number of aromatic nitrogens is 6. The Bertz CT molecular complexity index is 1840. The minimum Gasteiger partial charge on any atom is -0.496 e. The van der Waals surface area contributed by atoms with Gasteiger partial charge in [0, 0.05) is 49.3 Å². The molecule has 1 amide bonds. The highest BCUT2D eigenvalue weighted by Crippen LogP contribution is 2.38. The van der Waals surface area contributed by atoms with Crippen molar-refractivity contribution >= 4 is 34.0 Å². The van der Waals surface area contributed by atoms with E-state index in [1.165, 1.54) is 6.33 Å². The number of aromatic amines is 1. The van der Waals surface area contributed by atoms with E-state index in [9.17, 15) is 9.90 Å². The Kier molecular flexibility index (Phi) is 7.74. The Morgan fingerprint density at radius 2 is 1.89 bits per heavy atom. The van der Waals surface area contributed by atoms with E-state index >= 15 is 0 Å². The average Bonchev–Trinajstić information content (AvgIpc) is 3.66. The fraction of sp³-hybridized carbons (Fsp3) is 0.424. The van der Waals surface area contributed by atoms with Crippen LogP contribution in [0.4, 0.5) is 10.6 Å². The molecule has 0 spiro atoms. The van der Waals surface area contributed by atoms with Crippen LogP contribution in [-0.2, 0) is 6.42 Å². The van der Waals surface area contributed by atoms with E-state index in [0.717, 1.165) is 95.7 Å². The third-order valence-corrected chi connectivity index (χ3v) is 9.63. The van der Waals surface area contributed by atoms with Crippen LogP contribution in [0.2, 0.25) is 0 Å². The van der Waals surface area contributed by atoms with Crippen molar-refractivity contribution in [3.8, 4) is 17.0 Å². The zero-order chi connectivity index (χ0) is 31.1. The van der Waals surface area contributed by atoms with Crippen LogP contribution >= 0.6 is 0 Å². The van der Waals surface area contributed by atoms with Crippen LogP contribution < -0.4 is 10.5 Å². The van der Waals surface area contributed by atoms with Crippen LogP contribution in [0.15, 0.2) is 48.8 Å². The molecule has 0 radical (unpaired) electrons. The van der Waals surface area contributed by atoms with Gasteiger partial charge in [0.15, 0.2) is 5.65 Å². The predicted molar refractivity (Wildman–Crippen MR) is 172 cm³/mol. The van der Waals surface area contributed by atoms with Gasteiger partial charge in [-0.05, 0) is 50.3 Å². The molecule has 1 atom stereocenters. The smallest absolute Gasteiger partial charge is 0.407 e. The summed E-state index contributed by atoms with van der Waals surface area (Å²) in [6.45, 7) is 4.22. The van der Waals surface area contributed by atoms with E-state index in [2.05, 4.69) is 37.5 Å². The normalized spacial score (nSPS) is 21.0. The van der Waals surface area contributed by atoms with Crippen LogP contribution in [0.5, 0.6) is 5.75 Å². The molecule has 7 rings (SSSR count). The van der Waals surface area contributed by atoms with Gasteiger partial charge in [-0.15, -0.1) is 0 Å². The van der Waals surface area contributed by atoms with Gasteiger partial charge in [-0.2, -0.15) is 5.10 Å². The van der Waals surface area contributed by atoms with Crippen molar-refractivity contribution in [2.45, 2.75) is 63.6 Å². The molecular formula is C33H39N9O3. The molecule has 1 unspecified atom stereocenters. The maximum Gasteiger partial charge on any atom is 0.407 e. The van der Waals surface area contributed by atoms with E-state index < -0.39 is 6.09 Å². The quantitative estimate of drug-likeness (QED) is 0.229. The van der Waals surface area contributed by atoms with E-state index in [0.29, 0.717) is 24.8 Å². The largest absolute Gasteiger partial charge is 0.496 e. The molecule has 2 fully saturated rings. The summed E-state index contributed by atoms with van der Waals surface area (Å²) in [6, 6.07) is 14.8. The third kappa shape index (κ3) is 5.43. The molecule has 1 saturated heterocycles. The van der Waals surface area contributed by atoms with Crippen LogP contribution in [-0.4, -0.2) is 89.5 Å². The van der Waals surface area contributed by atoms with Gasteiger partial charge in [-0.3, -0.25) is 4.90 Å². The molecule has 234 valence electrons. The van der Waals surface area contributed by atoms with Gasteiger partial charge < -0.3 is 25.5 Å². The summed E-state index contributed by atoms with van der Waals surface area (Å²) in [7, 11) is 1.68. The van der Waals surface area contributed by atoms with Gasteiger partial charge in [0.2, 0.25) is 0 Å². The minimum atomic E-state index is -0.812. The number of fused-ring (bicyclic) bond motifs is 2. The van der Waals surface area contributed by atoms with Crippen molar-refractivity contribution in [3.63, 3.8) is 0 Å². The van der Waals surface area contributed by atoms with Gasteiger partial charge >= 0.3 is 6.09 Å². The molecule has 1 aliphatic heterocycles. The SMILES string of the molecule is CCC1CN(C2CCC(n3nc(-c4ccc5nc(Cc6ccccc6OC)[nH]c5c4)c4c(N)ncnc43)CC2)CCN1C(=O)O. The summed E-state index contributed by atoms with van der Waals surface area (Å²) in [4.78, 5) is 33.0. The number of carbonyl (C=O) groups is 1. The van der Waals surface area contributed by atoms with Crippen molar-refractivity contribution in [1.82, 2.24) is 39.5 Å². The average molecular weight is 610 g/mol. The molecule has 4 N–H and O–H groups in total. The molecule has 2 aliphatic rings. The van der Waals surface area contributed by atoms with E-state index in [-0.39, 0.29) is 12.1 Å². The molecule has 12 nitrogen and oxygen atoms in total. The Hall–Kier alpha value is -4.71. The number of carboxylic acid groups (broad SMARTS) is 1. The lowest BCUT2D eigenvalue weighted by Crippen LogP contribution is -2.57. The molecule has 45 heavy (non-hydrogen) atoms. The number of rotatable bonds is 7. The molecule has 1 aliphatic carbocycles. The Labute approximate surface area is 261 Å². The lowest BCUT2D eigenvalue weighted by Gasteiger charge is -2.45. The number of hydrogen-bond donors (Lipinski definition) is 3. The Morgan fingerprint density at radius 1 is 1.09 bits per heavy atom. The van der Waals surface area contributed by atoms with Gasteiger partial charge in [0.05, 0.1) is 29.6 Å². The topological polar surface area (TPSA) is 151 Å². The Balaban J connectivity index is 1.13. The number of para-hydroxylation sites is 1. The first-order valence-corrected chi connectivity index (χ1v) is 15.8. The summed E-state index contributed by atoms with van der Waals surface area (Å²) in [6.07, 6.45) is 6.14. The minimum absolute atomic E-state index is 0.0516. The fourth-order valence-electron chi connectivity index (χ4n) is 7.26.